The van der Waals surface area contributed by atoms with E-state index in [0.717, 1.165) is 25.0 Å². The molecule has 0 aliphatic rings. The number of anilines is 4. The molecule has 64 heavy (non-hydrogen) atoms. The molecule has 330 valence electrons. The molecule has 0 spiro atoms. The van der Waals surface area contributed by atoms with Crippen LogP contribution in [-0.2, 0) is 32.0 Å². The fraction of sp³-hybridized carbons (Fsp3) is 0.182. The Labute approximate surface area is 397 Å². The van der Waals surface area contributed by atoms with E-state index >= 15 is 0 Å². The summed E-state index contributed by atoms with van der Waals surface area (Å²) in [6, 6.07) is 21.8. The third-order valence-electron chi connectivity index (χ3n) is 9.06. The molecule has 14 nitrogen and oxygen atoms in total. The number of halogens is 6. The average Bonchev–Trinajstić information content (AvgIpc) is 3.25. The van der Waals surface area contributed by atoms with Gasteiger partial charge in [-0.15, -0.1) is 23.2 Å². The van der Waals surface area contributed by atoms with E-state index in [1.165, 1.54) is 48.5 Å². The number of azo groups is 2. The molecule has 2 atom stereocenters. The Hall–Kier alpha value is -5.74. The number of alkyl halides is 2. The number of benzene rings is 5. The largest absolute Gasteiger partial charge is 0.322 e. The Morgan fingerprint density at radius 2 is 0.859 bits per heavy atom. The zero-order valence-corrected chi connectivity index (χ0v) is 38.3. The van der Waals surface area contributed by atoms with Gasteiger partial charge in [-0.05, 0) is 98.5 Å². The molecule has 0 radical (unpaired) electrons. The van der Waals surface area contributed by atoms with Crippen LogP contribution in [0.2, 0.25) is 20.1 Å². The highest BCUT2D eigenvalue weighted by molar-refractivity contribution is 6.38. The minimum atomic E-state index is -1.66. The summed E-state index contributed by atoms with van der Waals surface area (Å²) in [4.78, 5) is 78.2. The molecule has 5 aromatic rings. The lowest BCUT2D eigenvalue weighted by Crippen LogP contribution is -2.32. The molecule has 0 saturated heterocycles. The number of nitrogens with one attached hydrogen (secondary N) is 4. The standard InChI is InChI=1S/C44H36Cl6N8O6/c1-23(59)39(57-55-27-11-13-31(47)29(19-27)41(61)51-35-9-5-3-7-25(35)15-17-45)43(63)53-37-21-34(50)38(22-33(37)49)54-44(64)40(24(2)60)58-56-28-12-14-32(48)30(20-28)42(62)52-36-10-6-4-8-26(36)16-18-46/h3-14,19-22,39-40H,15-18H2,1-2H3,(H,51,61)(H,52,62)(H,53,63)(H,54,64). The lowest BCUT2D eigenvalue weighted by molar-refractivity contribution is -0.127. The number of aryl methyl sites for hydroxylation is 2. The summed E-state index contributed by atoms with van der Waals surface area (Å²) >= 11 is 37.4. The molecule has 5 rings (SSSR count). The molecule has 5 aromatic carbocycles. The Kier molecular flexibility index (Phi) is 17.9. The predicted octanol–water partition coefficient (Wildman–Crippen LogP) is 11.7. The van der Waals surface area contributed by atoms with Crippen molar-refractivity contribution in [3.05, 3.63) is 139 Å². The van der Waals surface area contributed by atoms with Gasteiger partial charge in [-0.3, -0.25) is 28.8 Å². The first-order valence-corrected chi connectivity index (χ1v) is 21.6. The molecule has 4 amide bonds. The van der Waals surface area contributed by atoms with E-state index in [0.29, 0.717) is 36.0 Å². The van der Waals surface area contributed by atoms with Crippen molar-refractivity contribution in [2.75, 3.05) is 33.0 Å². The molecular formula is C44H36Cl6N8O6. The summed E-state index contributed by atoms with van der Waals surface area (Å²) in [5, 5.41) is 26.5. The van der Waals surface area contributed by atoms with Crippen molar-refractivity contribution < 1.29 is 28.8 Å². The van der Waals surface area contributed by atoms with Gasteiger partial charge in [-0.2, -0.15) is 20.5 Å². The number of Topliss-reactive ketones (excluding diaryl/α,β-unsaturated/α-hetero) is 2. The van der Waals surface area contributed by atoms with Crippen molar-refractivity contribution in [2.45, 2.75) is 38.8 Å². The Morgan fingerprint density at radius 3 is 1.22 bits per heavy atom. The highest BCUT2D eigenvalue weighted by Gasteiger charge is 2.27. The van der Waals surface area contributed by atoms with Crippen LogP contribution in [0.25, 0.3) is 0 Å². The number of ketones is 2. The highest BCUT2D eigenvalue weighted by atomic mass is 35.5. The van der Waals surface area contributed by atoms with E-state index in [1.54, 1.807) is 24.3 Å². The fourth-order valence-electron chi connectivity index (χ4n) is 5.83. The maximum Gasteiger partial charge on any atom is 0.258 e. The molecular weight excluding hydrogens is 949 g/mol. The normalized spacial score (nSPS) is 12.1. The molecule has 0 heterocycles. The molecule has 0 aliphatic carbocycles. The number of carbonyl (C=O) groups excluding carboxylic acids is 6. The van der Waals surface area contributed by atoms with E-state index < -0.39 is 47.3 Å². The molecule has 0 saturated carbocycles. The summed E-state index contributed by atoms with van der Waals surface area (Å²) in [7, 11) is 0. The highest BCUT2D eigenvalue weighted by Crippen LogP contribution is 2.34. The van der Waals surface area contributed by atoms with E-state index in [4.69, 9.17) is 69.6 Å². The molecule has 0 aliphatic heterocycles. The van der Waals surface area contributed by atoms with Crippen molar-refractivity contribution in [1.82, 2.24) is 0 Å². The topological polar surface area (TPSA) is 200 Å². The molecule has 20 heteroatoms. The second-order valence-corrected chi connectivity index (χ2v) is 16.1. The molecule has 2 unspecified atom stereocenters. The molecule has 0 bridgehead atoms. The summed E-state index contributed by atoms with van der Waals surface area (Å²) < 4.78 is 0. The summed E-state index contributed by atoms with van der Waals surface area (Å²) in [6.07, 6.45) is 1.04. The van der Waals surface area contributed by atoms with Crippen LogP contribution < -0.4 is 21.3 Å². The van der Waals surface area contributed by atoms with Crippen LogP contribution in [-0.4, -0.2) is 59.0 Å². The number of hydrogen-bond acceptors (Lipinski definition) is 10. The Balaban J connectivity index is 1.26. The summed E-state index contributed by atoms with van der Waals surface area (Å²) in [5.41, 5.74) is 3.01. The first-order valence-electron chi connectivity index (χ1n) is 19.0. The SMILES string of the molecule is CC(=O)C(N=Nc1ccc(Cl)c(C(=O)Nc2ccccc2CCCl)c1)C(=O)Nc1cc(Cl)c(NC(=O)C(N=Nc2ccc(Cl)c(C(=O)Nc3ccccc3CCCl)c2)C(C)=O)cc1Cl. The van der Waals surface area contributed by atoms with Crippen LogP contribution in [0.15, 0.2) is 118 Å². The lowest BCUT2D eigenvalue weighted by Gasteiger charge is -2.15. The van der Waals surface area contributed by atoms with Crippen LogP contribution >= 0.6 is 69.6 Å². The van der Waals surface area contributed by atoms with Gasteiger partial charge in [0.25, 0.3) is 23.6 Å². The number of carbonyl (C=O) groups is 6. The van der Waals surface area contributed by atoms with Gasteiger partial charge in [0.15, 0.2) is 11.6 Å². The van der Waals surface area contributed by atoms with Gasteiger partial charge in [-0.1, -0.05) is 82.8 Å². The number of amides is 4. The van der Waals surface area contributed by atoms with E-state index in [9.17, 15) is 28.8 Å². The summed E-state index contributed by atoms with van der Waals surface area (Å²) in [5.74, 6) is -3.58. The Morgan fingerprint density at radius 1 is 0.484 bits per heavy atom. The van der Waals surface area contributed by atoms with Crippen LogP contribution in [0, 0.1) is 0 Å². The van der Waals surface area contributed by atoms with E-state index in [2.05, 4.69) is 41.7 Å². The van der Waals surface area contributed by atoms with Gasteiger partial charge >= 0.3 is 0 Å². The van der Waals surface area contributed by atoms with Gasteiger partial charge in [-0.25, -0.2) is 0 Å². The van der Waals surface area contributed by atoms with Crippen molar-refractivity contribution >= 4 is 139 Å². The maximum absolute atomic E-state index is 13.3. The third kappa shape index (κ3) is 13.2. The van der Waals surface area contributed by atoms with Crippen LogP contribution in [0.4, 0.5) is 34.1 Å². The fourth-order valence-corrected chi connectivity index (χ4v) is 7.06. The van der Waals surface area contributed by atoms with Gasteiger partial charge in [0.2, 0.25) is 12.1 Å². The van der Waals surface area contributed by atoms with Crippen molar-refractivity contribution in [3.63, 3.8) is 0 Å². The van der Waals surface area contributed by atoms with Crippen LogP contribution in [0.1, 0.15) is 45.7 Å². The lowest BCUT2D eigenvalue weighted by atomic mass is 10.1. The van der Waals surface area contributed by atoms with Crippen molar-refractivity contribution in [2.24, 2.45) is 20.5 Å². The van der Waals surface area contributed by atoms with E-state index in [-0.39, 0.29) is 54.0 Å². The van der Waals surface area contributed by atoms with Crippen LogP contribution in [0.3, 0.4) is 0 Å². The Bertz CT molecular complexity index is 2500. The second kappa shape index (κ2) is 23.3. The quantitative estimate of drug-likeness (QED) is 0.0382. The van der Waals surface area contributed by atoms with Gasteiger partial charge in [0.1, 0.15) is 0 Å². The number of para-hydroxylation sites is 2. The smallest absolute Gasteiger partial charge is 0.258 e. The monoisotopic (exact) mass is 982 g/mol. The minimum absolute atomic E-state index is 0.0519. The minimum Gasteiger partial charge on any atom is -0.322 e. The second-order valence-electron chi connectivity index (χ2n) is 13.7. The maximum atomic E-state index is 13.3. The third-order valence-corrected chi connectivity index (χ3v) is 10.7. The van der Waals surface area contributed by atoms with Gasteiger partial charge in [0.05, 0.1) is 54.0 Å². The predicted molar refractivity (Wildman–Crippen MR) is 252 cm³/mol. The van der Waals surface area contributed by atoms with Crippen molar-refractivity contribution in [1.29, 1.82) is 0 Å². The zero-order chi connectivity index (χ0) is 46.5. The molecule has 0 fully saturated rings. The number of rotatable bonds is 18. The summed E-state index contributed by atoms with van der Waals surface area (Å²) in [6.45, 7) is 2.26. The van der Waals surface area contributed by atoms with Gasteiger partial charge in [0, 0.05) is 23.1 Å². The van der Waals surface area contributed by atoms with Crippen molar-refractivity contribution in [3.8, 4) is 0 Å². The number of hydrogen-bond donors (Lipinski definition) is 4. The molecule has 0 aromatic heterocycles. The van der Waals surface area contributed by atoms with E-state index in [1.807, 2.05) is 24.3 Å². The first kappa shape index (κ1) is 49.3. The molecule has 4 N–H and O–H groups in total. The van der Waals surface area contributed by atoms with Crippen LogP contribution in [0.5, 0.6) is 0 Å². The first-order chi connectivity index (χ1) is 30.6. The number of nitrogens with zero attached hydrogens (tertiary/aromatic N) is 4. The van der Waals surface area contributed by atoms with Gasteiger partial charge < -0.3 is 21.3 Å². The zero-order valence-electron chi connectivity index (χ0n) is 33.7. The average molecular weight is 986 g/mol.